The Morgan fingerprint density at radius 2 is 2.19 bits per heavy atom. The Bertz CT molecular complexity index is 346. The molecular weight excluding hydrogens is 268 g/mol. The van der Waals surface area contributed by atoms with Crippen LogP contribution in [0.25, 0.3) is 0 Å². The fourth-order valence-electron chi connectivity index (χ4n) is 2.15. The molecule has 0 bridgehead atoms. The van der Waals surface area contributed by atoms with E-state index in [-0.39, 0.29) is 12.1 Å². The van der Waals surface area contributed by atoms with E-state index in [4.69, 9.17) is 0 Å². The molecule has 1 fully saturated rings. The number of aromatic nitrogens is 1. The minimum absolute atomic E-state index is 0.186. The lowest BCUT2D eigenvalue weighted by atomic mass is 9.92. The number of halogens is 1. The zero-order valence-corrected chi connectivity index (χ0v) is 10.8. The summed E-state index contributed by atoms with van der Waals surface area (Å²) >= 11 is 3.40. The Morgan fingerprint density at radius 1 is 1.38 bits per heavy atom. The number of nitrogens with zero attached hydrogens (tertiary/aromatic N) is 1. The Morgan fingerprint density at radius 3 is 2.94 bits per heavy atom. The van der Waals surface area contributed by atoms with Gasteiger partial charge in [0.15, 0.2) is 0 Å². The molecule has 16 heavy (non-hydrogen) atoms. The van der Waals surface area contributed by atoms with E-state index in [1.165, 1.54) is 6.42 Å². The molecule has 0 saturated heterocycles. The second-order valence-corrected chi connectivity index (χ2v) is 5.27. The molecule has 2 N–H and O–H groups in total. The van der Waals surface area contributed by atoms with E-state index in [0.29, 0.717) is 0 Å². The zero-order chi connectivity index (χ0) is 11.4. The van der Waals surface area contributed by atoms with Gasteiger partial charge in [0, 0.05) is 29.5 Å². The van der Waals surface area contributed by atoms with Crippen LogP contribution >= 0.6 is 15.9 Å². The highest BCUT2D eigenvalue weighted by molar-refractivity contribution is 9.10. The highest BCUT2D eigenvalue weighted by Gasteiger charge is 2.21. The molecule has 0 aliphatic heterocycles. The van der Waals surface area contributed by atoms with Crippen LogP contribution in [0.5, 0.6) is 0 Å². The second-order valence-electron chi connectivity index (χ2n) is 4.35. The number of pyridine rings is 1. The topological polar surface area (TPSA) is 45.1 Å². The molecule has 0 amide bonds. The van der Waals surface area contributed by atoms with E-state index in [2.05, 4.69) is 32.3 Å². The fourth-order valence-corrected chi connectivity index (χ4v) is 2.56. The molecule has 1 aromatic rings. The van der Waals surface area contributed by atoms with Gasteiger partial charge in [-0.05, 0) is 40.4 Å². The van der Waals surface area contributed by atoms with Crippen molar-refractivity contribution in [2.24, 2.45) is 0 Å². The van der Waals surface area contributed by atoms with Crippen molar-refractivity contribution < 1.29 is 5.11 Å². The van der Waals surface area contributed by atoms with Crippen LogP contribution in [0.2, 0.25) is 0 Å². The van der Waals surface area contributed by atoms with Crippen LogP contribution in [0, 0.1) is 0 Å². The average molecular weight is 285 g/mol. The molecule has 0 aromatic carbocycles. The van der Waals surface area contributed by atoms with Gasteiger partial charge in [0.1, 0.15) is 0 Å². The van der Waals surface area contributed by atoms with Crippen LogP contribution in [0.1, 0.15) is 31.2 Å². The first-order chi connectivity index (χ1) is 7.75. The molecule has 1 aliphatic rings. The second kappa shape index (κ2) is 5.75. The van der Waals surface area contributed by atoms with E-state index in [1.54, 1.807) is 6.20 Å². The molecule has 2 atom stereocenters. The van der Waals surface area contributed by atoms with Gasteiger partial charge in [0.2, 0.25) is 0 Å². The summed E-state index contributed by atoms with van der Waals surface area (Å²) < 4.78 is 0.996. The van der Waals surface area contributed by atoms with E-state index in [1.807, 2.05) is 6.20 Å². The van der Waals surface area contributed by atoms with Gasteiger partial charge in [0.25, 0.3) is 0 Å². The Labute approximate surface area is 104 Å². The first-order valence-electron chi connectivity index (χ1n) is 5.76. The largest absolute Gasteiger partial charge is 0.392 e. The third-order valence-electron chi connectivity index (χ3n) is 3.06. The van der Waals surface area contributed by atoms with Gasteiger partial charge in [-0.25, -0.2) is 0 Å². The van der Waals surface area contributed by atoms with Crippen molar-refractivity contribution in [2.75, 3.05) is 0 Å². The summed E-state index contributed by atoms with van der Waals surface area (Å²) in [6.07, 6.45) is 7.81. The molecule has 1 heterocycles. The third-order valence-corrected chi connectivity index (χ3v) is 3.49. The summed E-state index contributed by atoms with van der Waals surface area (Å²) in [6, 6.07) is 2.29. The molecule has 1 aliphatic carbocycles. The normalized spacial score (nSPS) is 25.6. The SMILES string of the molecule is O[C@H]1CCCC[C@@H]1NCc1cncc(Br)c1. The van der Waals surface area contributed by atoms with Gasteiger partial charge >= 0.3 is 0 Å². The van der Waals surface area contributed by atoms with Crippen LogP contribution in [0.3, 0.4) is 0 Å². The van der Waals surface area contributed by atoms with E-state index in [0.717, 1.165) is 35.8 Å². The number of aliphatic hydroxyl groups is 1. The third kappa shape index (κ3) is 3.27. The molecule has 88 valence electrons. The van der Waals surface area contributed by atoms with Crippen molar-refractivity contribution in [3.05, 3.63) is 28.5 Å². The lowest BCUT2D eigenvalue weighted by Crippen LogP contribution is -2.41. The molecular formula is C12H17BrN2O. The highest BCUT2D eigenvalue weighted by Crippen LogP contribution is 2.19. The van der Waals surface area contributed by atoms with Crippen LogP contribution < -0.4 is 5.32 Å². The Hall–Kier alpha value is -0.450. The van der Waals surface area contributed by atoms with Crippen LogP contribution in [-0.2, 0) is 6.54 Å². The zero-order valence-electron chi connectivity index (χ0n) is 9.19. The maximum Gasteiger partial charge on any atom is 0.0693 e. The predicted molar refractivity (Wildman–Crippen MR) is 67.0 cm³/mol. The molecule has 3 nitrogen and oxygen atoms in total. The van der Waals surface area contributed by atoms with Gasteiger partial charge in [-0.3, -0.25) is 4.98 Å². The summed E-state index contributed by atoms with van der Waals surface area (Å²) in [7, 11) is 0. The fraction of sp³-hybridized carbons (Fsp3) is 0.583. The molecule has 0 radical (unpaired) electrons. The van der Waals surface area contributed by atoms with E-state index >= 15 is 0 Å². The smallest absolute Gasteiger partial charge is 0.0693 e. The first-order valence-corrected chi connectivity index (χ1v) is 6.56. The monoisotopic (exact) mass is 284 g/mol. The molecule has 0 spiro atoms. The molecule has 4 heteroatoms. The highest BCUT2D eigenvalue weighted by atomic mass is 79.9. The van der Waals surface area contributed by atoms with Crippen molar-refractivity contribution in [3.63, 3.8) is 0 Å². The molecule has 0 unspecified atom stereocenters. The quantitative estimate of drug-likeness (QED) is 0.895. The van der Waals surface area contributed by atoms with Gasteiger partial charge < -0.3 is 10.4 Å². The van der Waals surface area contributed by atoms with Crippen LogP contribution in [-0.4, -0.2) is 22.2 Å². The Kier molecular flexibility index (Phi) is 4.32. The number of aliphatic hydroxyl groups excluding tert-OH is 1. The van der Waals surface area contributed by atoms with Crippen molar-refractivity contribution in [2.45, 2.75) is 44.4 Å². The molecule has 2 rings (SSSR count). The van der Waals surface area contributed by atoms with Crippen molar-refractivity contribution >= 4 is 15.9 Å². The van der Waals surface area contributed by atoms with Crippen molar-refractivity contribution in [3.8, 4) is 0 Å². The summed E-state index contributed by atoms with van der Waals surface area (Å²) in [4.78, 5) is 4.12. The number of hydrogen-bond acceptors (Lipinski definition) is 3. The lowest BCUT2D eigenvalue weighted by molar-refractivity contribution is 0.0902. The van der Waals surface area contributed by atoms with Crippen molar-refractivity contribution in [1.82, 2.24) is 10.3 Å². The summed E-state index contributed by atoms with van der Waals surface area (Å²) in [5.41, 5.74) is 1.15. The lowest BCUT2D eigenvalue weighted by Gasteiger charge is -2.28. The minimum Gasteiger partial charge on any atom is -0.392 e. The summed E-state index contributed by atoms with van der Waals surface area (Å²) in [6.45, 7) is 0.772. The summed E-state index contributed by atoms with van der Waals surface area (Å²) in [5, 5.41) is 13.2. The maximum atomic E-state index is 9.81. The van der Waals surface area contributed by atoms with Gasteiger partial charge in [-0.2, -0.15) is 0 Å². The number of rotatable bonds is 3. The number of nitrogens with one attached hydrogen (secondary N) is 1. The predicted octanol–water partition coefficient (Wildman–Crippen LogP) is 2.24. The molecule has 1 saturated carbocycles. The standard InChI is InChI=1S/C12H17BrN2O/c13-10-5-9(6-14-8-10)7-15-11-3-1-2-4-12(11)16/h5-6,8,11-12,15-16H,1-4,7H2/t11-,12-/m0/s1. The maximum absolute atomic E-state index is 9.81. The minimum atomic E-state index is -0.186. The van der Waals surface area contributed by atoms with Crippen LogP contribution in [0.4, 0.5) is 0 Å². The van der Waals surface area contributed by atoms with Gasteiger partial charge in [0.05, 0.1) is 6.10 Å². The Balaban J connectivity index is 1.86. The van der Waals surface area contributed by atoms with Gasteiger partial charge in [-0.1, -0.05) is 12.8 Å². The van der Waals surface area contributed by atoms with Gasteiger partial charge in [-0.15, -0.1) is 0 Å². The van der Waals surface area contributed by atoms with Crippen LogP contribution in [0.15, 0.2) is 22.9 Å². The first kappa shape index (κ1) is 12.0. The van der Waals surface area contributed by atoms with E-state index < -0.39 is 0 Å². The van der Waals surface area contributed by atoms with E-state index in [9.17, 15) is 5.11 Å². The van der Waals surface area contributed by atoms with Crippen molar-refractivity contribution in [1.29, 1.82) is 0 Å². The number of hydrogen-bond donors (Lipinski definition) is 2. The average Bonchev–Trinajstić information content (AvgIpc) is 2.28. The summed E-state index contributed by atoms with van der Waals surface area (Å²) in [5.74, 6) is 0. The molecule has 1 aromatic heterocycles.